The van der Waals surface area contributed by atoms with Crippen molar-refractivity contribution in [1.82, 2.24) is 4.98 Å². The average molecular weight is 247 g/mol. The molecule has 17 heavy (non-hydrogen) atoms. The van der Waals surface area contributed by atoms with Gasteiger partial charge in [0.1, 0.15) is 0 Å². The highest BCUT2D eigenvalue weighted by molar-refractivity contribution is 7.09. The fraction of sp³-hybridized carbons (Fsp3) is 0.167. The summed E-state index contributed by atoms with van der Waals surface area (Å²) in [5, 5.41) is 3.23. The molecule has 0 aliphatic rings. The molecule has 3 N–H and O–H groups in total. The van der Waals surface area contributed by atoms with Crippen molar-refractivity contribution in [3.63, 3.8) is 0 Å². The highest BCUT2D eigenvalue weighted by Crippen LogP contribution is 2.19. The molecule has 0 aliphatic carbocycles. The maximum absolute atomic E-state index is 11.2. The van der Waals surface area contributed by atoms with Gasteiger partial charge in [-0.25, -0.2) is 0 Å². The van der Waals surface area contributed by atoms with Crippen molar-refractivity contribution in [3.8, 4) is 0 Å². The van der Waals surface area contributed by atoms with Crippen LogP contribution in [0.25, 0.3) is 0 Å². The molecule has 0 saturated carbocycles. The number of hydrogen-bond acceptors (Lipinski definition) is 5. The summed E-state index contributed by atoms with van der Waals surface area (Å²) >= 11 is 1.60. The smallest absolute Gasteiger partial charge is 0.161 e. The summed E-state index contributed by atoms with van der Waals surface area (Å²) in [7, 11) is 0. The third kappa shape index (κ3) is 2.82. The molecule has 2 rings (SSSR count). The summed E-state index contributed by atoms with van der Waals surface area (Å²) in [6.07, 6.45) is 1.82. The van der Waals surface area contributed by atoms with Gasteiger partial charge in [-0.2, -0.15) is 0 Å². The molecule has 0 spiro atoms. The number of carbonyl (C=O) groups is 1. The standard InChI is InChI=1S/C12H13N3OS/c1-8(16)11-3-2-9(4-12(11)13)15-6-10-5-14-7-17-10/h2-5,7,15H,6,13H2,1H3. The maximum Gasteiger partial charge on any atom is 0.161 e. The van der Waals surface area contributed by atoms with Crippen LogP contribution in [-0.2, 0) is 6.54 Å². The lowest BCUT2D eigenvalue weighted by Crippen LogP contribution is -2.02. The number of benzene rings is 1. The van der Waals surface area contributed by atoms with E-state index >= 15 is 0 Å². The topological polar surface area (TPSA) is 68.0 Å². The molecule has 1 heterocycles. The monoisotopic (exact) mass is 247 g/mol. The molecule has 4 nitrogen and oxygen atoms in total. The Balaban J connectivity index is 2.07. The number of anilines is 2. The van der Waals surface area contributed by atoms with E-state index in [9.17, 15) is 4.79 Å². The molecule has 5 heteroatoms. The van der Waals surface area contributed by atoms with Crippen molar-refractivity contribution in [2.75, 3.05) is 11.1 Å². The molecule has 2 aromatic rings. The van der Waals surface area contributed by atoms with E-state index < -0.39 is 0 Å². The fourth-order valence-electron chi connectivity index (χ4n) is 1.51. The molecule has 0 atom stereocenters. The van der Waals surface area contributed by atoms with Crippen LogP contribution in [0.3, 0.4) is 0 Å². The number of ketones is 1. The second kappa shape index (κ2) is 4.97. The first kappa shape index (κ1) is 11.6. The third-order valence-electron chi connectivity index (χ3n) is 2.38. The SMILES string of the molecule is CC(=O)c1ccc(NCc2cncs2)cc1N. The lowest BCUT2D eigenvalue weighted by atomic mass is 10.1. The summed E-state index contributed by atoms with van der Waals surface area (Å²) in [6.45, 7) is 2.22. The normalized spacial score (nSPS) is 10.2. The summed E-state index contributed by atoms with van der Waals surface area (Å²) in [5.41, 5.74) is 9.57. The van der Waals surface area contributed by atoms with Gasteiger partial charge in [0.25, 0.3) is 0 Å². The number of nitrogens with two attached hydrogens (primary N) is 1. The Hall–Kier alpha value is -1.88. The number of nitrogens with zero attached hydrogens (tertiary/aromatic N) is 1. The Labute approximate surface area is 103 Å². The minimum absolute atomic E-state index is 0.0171. The van der Waals surface area contributed by atoms with E-state index in [1.165, 1.54) is 6.92 Å². The van der Waals surface area contributed by atoms with Gasteiger partial charge in [0, 0.05) is 28.0 Å². The van der Waals surface area contributed by atoms with Crippen molar-refractivity contribution in [2.45, 2.75) is 13.5 Å². The van der Waals surface area contributed by atoms with E-state index in [0.29, 0.717) is 17.8 Å². The van der Waals surface area contributed by atoms with Gasteiger partial charge in [0.2, 0.25) is 0 Å². The van der Waals surface area contributed by atoms with E-state index in [4.69, 9.17) is 5.73 Å². The number of Topliss-reactive ketones (excluding diaryl/α,β-unsaturated/α-hetero) is 1. The first-order chi connectivity index (χ1) is 8.16. The van der Waals surface area contributed by atoms with Crippen molar-refractivity contribution in [3.05, 3.63) is 40.3 Å². The Morgan fingerprint density at radius 2 is 2.35 bits per heavy atom. The Morgan fingerprint density at radius 3 is 2.94 bits per heavy atom. The van der Waals surface area contributed by atoms with Crippen molar-refractivity contribution in [1.29, 1.82) is 0 Å². The minimum atomic E-state index is -0.0171. The van der Waals surface area contributed by atoms with Crippen molar-refractivity contribution < 1.29 is 4.79 Å². The number of thiazole rings is 1. The van der Waals surface area contributed by atoms with Crippen LogP contribution in [0.4, 0.5) is 11.4 Å². The lowest BCUT2D eigenvalue weighted by Gasteiger charge is -2.07. The quantitative estimate of drug-likeness (QED) is 0.643. The Morgan fingerprint density at radius 1 is 1.53 bits per heavy atom. The number of hydrogen-bond donors (Lipinski definition) is 2. The van der Waals surface area contributed by atoms with Gasteiger partial charge in [0.05, 0.1) is 12.1 Å². The average Bonchev–Trinajstić information content (AvgIpc) is 2.78. The largest absolute Gasteiger partial charge is 0.398 e. The molecule has 0 aliphatic heterocycles. The zero-order valence-electron chi connectivity index (χ0n) is 9.43. The maximum atomic E-state index is 11.2. The summed E-state index contributed by atoms with van der Waals surface area (Å²) < 4.78 is 0. The number of carbonyl (C=O) groups excluding carboxylic acids is 1. The number of aromatic nitrogens is 1. The van der Waals surface area contributed by atoms with Gasteiger partial charge < -0.3 is 11.1 Å². The first-order valence-electron chi connectivity index (χ1n) is 5.18. The second-order valence-corrected chi connectivity index (χ2v) is 4.65. The Kier molecular flexibility index (Phi) is 3.39. The molecule has 0 unspecified atom stereocenters. The van der Waals surface area contributed by atoms with Crippen LogP contribution in [-0.4, -0.2) is 10.8 Å². The molecule has 0 saturated heterocycles. The molecular formula is C12H13N3OS. The van der Waals surface area contributed by atoms with Crippen molar-refractivity contribution in [2.24, 2.45) is 0 Å². The zero-order chi connectivity index (χ0) is 12.3. The van der Waals surface area contributed by atoms with Gasteiger partial charge in [0.15, 0.2) is 5.78 Å². The molecule has 0 radical (unpaired) electrons. The van der Waals surface area contributed by atoms with Crippen LogP contribution in [0.1, 0.15) is 22.2 Å². The summed E-state index contributed by atoms with van der Waals surface area (Å²) in [4.78, 5) is 16.4. The number of rotatable bonds is 4. The zero-order valence-corrected chi connectivity index (χ0v) is 10.3. The molecule has 0 amide bonds. The van der Waals surface area contributed by atoms with Crippen LogP contribution in [0.2, 0.25) is 0 Å². The van der Waals surface area contributed by atoms with E-state index in [-0.39, 0.29) is 5.78 Å². The first-order valence-corrected chi connectivity index (χ1v) is 6.06. The molecular weight excluding hydrogens is 234 g/mol. The van der Waals surface area contributed by atoms with Gasteiger partial charge in [-0.15, -0.1) is 11.3 Å². The third-order valence-corrected chi connectivity index (χ3v) is 3.16. The van der Waals surface area contributed by atoms with Crippen LogP contribution in [0, 0.1) is 0 Å². The lowest BCUT2D eigenvalue weighted by molar-refractivity contribution is 0.101. The second-order valence-electron chi connectivity index (χ2n) is 3.68. The Bertz CT molecular complexity index is 523. The van der Waals surface area contributed by atoms with Crippen LogP contribution < -0.4 is 11.1 Å². The fourth-order valence-corrected chi connectivity index (χ4v) is 2.05. The minimum Gasteiger partial charge on any atom is -0.398 e. The molecule has 0 fully saturated rings. The van der Waals surface area contributed by atoms with Crippen LogP contribution >= 0.6 is 11.3 Å². The highest BCUT2D eigenvalue weighted by atomic mass is 32.1. The van der Waals surface area contributed by atoms with Gasteiger partial charge in [-0.3, -0.25) is 9.78 Å². The van der Waals surface area contributed by atoms with Crippen molar-refractivity contribution >= 4 is 28.5 Å². The van der Waals surface area contributed by atoms with Crippen LogP contribution in [0.15, 0.2) is 29.9 Å². The predicted octanol–water partition coefficient (Wildman–Crippen LogP) is 2.54. The number of nitrogens with one attached hydrogen (secondary N) is 1. The predicted molar refractivity (Wildman–Crippen MR) is 70.3 cm³/mol. The van der Waals surface area contributed by atoms with Crippen LogP contribution in [0.5, 0.6) is 0 Å². The molecule has 0 bridgehead atoms. The van der Waals surface area contributed by atoms with Gasteiger partial charge in [-0.1, -0.05) is 0 Å². The molecule has 1 aromatic heterocycles. The van der Waals surface area contributed by atoms with Gasteiger partial charge >= 0.3 is 0 Å². The highest BCUT2D eigenvalue weighted by Gasteiger charge is 2.05. The molecule has 88 valence electrons. The van der Waals surface area contributed by atoms with Gasteiger partial charge in [-0.05, 0) is 25.1 Å². The van der Waals surface area contributed by atoms with E-state index in [2.05, 4.69) is 10.3 Å². The van der Waals surface area contributed by atoms with E-state index in [1.807, 2.05) is 12.3 Å². The summed E-state index contributed by atoms with van der Waals surface area (Å²) in [6, 6.07) is 5.37. The molecule has 1 aromatic carbocycles. The summed E-state index contributed by atoms with van der Waals surface area (Å²) in [5.74, 6) is -0.0171. The van der Waals surface area contributed by atoms with E-state index in [0.717, 1.165) is 10.6 Å². The van der Waals surface area contributed by atoms with E-state index in [1.54, 1.807) is 29.0 Å². The number of nitrogen functional groups attached to an aromatic ring is 1.